The highest BCUT2D eigenvalue weighted by molar-refractivity contribution is 7.89. The van der Waals surface area contributed by atoms with Gasteiger partial charge < -0.3 is 14.9 Å². The summed E-state index contributed by atoms with van der Waals surface area (Å²) in [6, 6.07) is 9.11. The van der Waals surface area contributed by atoms with E-state index in [0.717, 1.165) is 6.26 Å². The van der Waals surface area contributed by atoms with E-state index < -0.39 is 28.1 Å². The average Bonchev–Trinajstić information content (AvgIpc) is 2.99. The molecule has 0 heterocycles. The quantitative estimate of drug-likeness (QED) is 0.317. The maximum Gasteiger partial charge on any atom is 0.233 e. The maximum absolute atomic E-state index is 12.3. The van der Waals surface area contributed by atoms with E-state index >= 15 is 0 Å². The van der Waals surface area contributed by atoms with Crippen LogP contribution in [0.3, 0.4) is 0 Å². The summed E-state index contributed by atoms with van der Waals surface area (Å²) in [5, 5.41) is 20.4. The number of amides is 1. The zero-order chi connectivity index (χ0) is 23.6. The molecule has 0 bridgehead atoms. The maximum atomic E-state index is 12.3. The van der Waals surface area contributed by atoms with Crippen molar-refractivity contribution in [2.24, 2.45) is 11.8 Å². The molecule has 0 aromatic heterocycles. The third-order valence-electron chi connectivity index (χ3n) is 5.08. The average molecular weight is 466 g/mol. The molecule has 1 saturated carbocycles. The first-order chi connectivity index (χ1) is 15.2. The molecule has 2 rings (SSSR count). The smallest absolute Gasteiger partial charge is 0.233 e. The molecule has 0 aliphatic heterocycles. The highest BCUT2D eigenvalue weighted by Crippen LogP contribution is 2.33. The van der Waals surface area contributed by atoms with Gasteiger partial charge in [0.1, 0.15) is 24.2 Å². The molecule has 1 fully saturated rings. The number of hydrogen-bond donors (Lipinski definition) is 3. The predicted octanol–water partition coefficient (Wildman–Crippen LogP) is 1.74. The van der Waals surface area contributed by atoms with Crippen LogP contribution in [0.15, 0.2) is 54.6 Å². The van der Waals surface area contributed by atoms with Crippen LogP contribution < -0.4 is 9.46 Å². The number of allylic oxidation sites excluding steroid dienone is 2. The van der Waals surface area contributed by atoms with Crippen LogP contribution in [-0.2, 0) is 19.6 Å². The van der Waals surface area contributed by atoms with Crippen LogP contribution >= 0.6 is 0 Å². The molecule has 0 radical (unpaired) electrons. The minimum Gasteiger partial charge on any atom is -0.491 e. The molecule has 9 heteroatoms. The van der Waals surface area contributed by atoms with Crippen molar-refractivity contribution in [3.8, 4) is 5.75 Å². The van der Waals surface area contributed by atoms with Crippen molar-refractivity contribution < 1.29 is 33.0 Å². The molecule has 1 aliphatic rings. The van der Waals surface area contributed by atoms with E-state index in [1.165, 1.54) is 0 Å². The molecule has 3 N–H and O–H groups in total. The summed E-state index contributed by atoms with van der Waals surface area (Å²) in [6.07, 6.45) is 7.84. The fraction of sp³-hybridized carbons (Fsp3) is 0.478. The minimum atomic E-state index is -3.54. The molecule has 0 saturated heterocycles. The second-order valence-electron chi connectivity index (χ2n) is 7.89. The van der Waals surface area contributed by atoms with Crippen molar-refractivity contribution in [1.29, 1.82) is 0 Å². The first-order valence-corrected chi connectivity index (χ1v) is 12.5. The van der Waals surface area contributed by atoms with Gasteiger partial charge in [0, 0.05) is 24.7 Å². The number of aliphatic hydroxyl groups is 2. The number of ketones is 1. The van der Waals surface area contributed by atoms with E-state index in [1.807, 2.05) is 35.1 Å². The fourth-order valence-electron chi connectivity index (χ4n) is 3.54. The number of unbranched alkanes of at least 4 members (excludes halogenated alkanes) is 1. The van der Waals surface area contributed by atoms with E-state index in [-0.39, 0.29) is 37.1 Å². The standard InChI is InChI=1S/C23H31NO7S/c1-32(29,30)24-23(28)12-8-3-2-7-11-19-20(22(27)15-21(19)26)14-13-17(25)16-31-18-9-5-4-6-10-18/h2,4-7,9-10,13-14,17,19-20,22,25,27H,3,8,11-12,15-16H2,1H3,(H,24,28)/b7-2?,14-13+/t17?,19?,20-,22?/m1/s1. The lowest BCUT2D eigenvalue weighted by molar-refractivity contribution is -0.121. The third-order valence-corrected chi connectivity index (χ3v) is 5.68. The van der Waals surface area contributed by atoms with Crippen LogP contribution in [-0.4, -0.2) is 55.4 Å². The van der Waals surface area contributed by atoms with Crippen molar-refractivity contribution in [1.82, 2.24) is 4.72 Å². The Kier molecular flexibility index (Phi) is 10.1. The topological polar surface area (TPSA) is 130 Å². The molecule has 0 spiro atoms. The number of Topliss-reactive ketones (excluding diaryl/α,β-unsaturated/α-hetero) is 1. The SMILES string of the molecule is CS(=O)(=O)NC(=O)CCCC=CCC1C(=O)CC(O)[C@@H]1/C=C/C(O)COc1ccccc1. The molecule has 1 aromatic rings. The Labute approximate surface area is 189 Å². The van der Waals surface area contributed by atoms with Crippen LogP contribution in [0.4, 0.5) is 0 Å². The van der Waals surface area contributed by atoms with Crippen molar-refractivity contribution in [2.75, 3.05) is 12.9 Å². The number of ether oxygens (including phenoxy) is 1. The Hall–Kier alpha value is -2.49. The van der Waals surface area contributed by atoms with Crippen molar-refractivity contribution in [3.63, 3.8) is 0 Å². The minimum absolute atomic E-state index is 0.0284. The van der Waals surface area contributed by atoms with E-state index in [0.29, 0.717) is 25.0 Å². The van der Waals surface area contributed by atoms with Crippen LogP contribution in [0.1, 0.15) is 32.1 Å². The number of para-hydroxylation sites is 1. The summed E-state index contributed by atoms with van der Waals surface area (Å²) >= 11 is 0. The number of nitrogens with one attached hydrogen (secondary N) is 1. The number of hydrogen-bond acceptors (Lipinski definition) is 7. The Bertz CT molecular complexity index is 912. The van der Waals surface area contributed by atoms with E-state index in [9.17, 15) is 28.2 Å². The van der Waals surface area contributed by atoms with Gasteiger partial charge in [-0.3, -0.25) is 14.3 Å². The Morgan fingerprint density at radius 3 is 2.69 bits per heavy atom. The first kappa shape index (κ1) is 25.8. The molecule has 8 nitrogen and oxygen atoms in total. The zero-order valence-corrected chi connectivity index (χ0v) is 18.9. The van der Waals surface area contributed by atoms with Gasteiger partial charge >= 0.3 is 0 Å². The van der Waals surface area contributed by atoms with E-state index in [2.05, 4.69) is 0 Å². The van der Waals surface area contributed by atoms with Gasteiger partial charge in [0.2, 0.25) is 15.9 Å². The first-order valence-electron chi connectivity index (χ1n) is 10.6. The Morgan fingerprint density at radius 1 is 1.28 bits per heavy atom. The number of benzene rings is 1. The third kappa shape index (κ3) is 9.33. The van der Waals surface area contributed by atoms with Crippen LogP contribution in [0.25, 0.3) is 0 Å². The van der Waals surface area contributed by atoms with Gasteiger partial charge in [0.15, 0.2) is 0 Å². The lowest BCUT2D eigenvalue weighted by Crippen LogP contribution is -2.28. The fourth-order valence-corrected chi connectivity index (χ4v) is 4.05. The van der Waals surface area contributed by atoms with Crippen molar-refractivity contribution in [2.45, 2.75) is 44.3 Å². The van der Waals surface area contributed by atoms with Crippen molar-refractivity contribution in [3.05, 3.63) is 54.6 Å². The van der Waals surface area contributed by atoms with Gasteiger partial charge in [-0.25, -0.2) is 8.42 Å². The number of sulfonamides is 1. The van der Waals surface area contributed by atoms with Gasteiger partial charge in [0.05, 0.1) is 12.4 Å². The number of aliphatic hydroxyl groups excluding tert-OH is 2. The highest BCUT2D eigenvalue weighted by Gasteiger charge is 2.39. The summed E-state index contributed by atoms with van der Waals surface area (Å²) in [4.78, 5) is 23.7. The van der Waals surface area contributed by atoms with Crippen LogP contribution in [0.5, 0.6) is 5.75 Å². The zero-order valence-electron chi connectivity index (χ0n) is 18.1. The molecule has 1 aromatic carbocycles. The van der Waals surface area contributed by atoms with Crippen LogP contribution in [0, 0.1) is 11.8 Å². The van der Waals surface area contributed by atoms with E-state index in [1.54, 1.807) is 24.3 Å². The Morgan fingerprint density at radius 2 is 2.00 bits per heavy atom. The summed E-state index contributed by atoms with van der Waals surface area (Å²) in [6.45, 7) is 0.0642. The van der Waals surface area contributed by atoms with Crippen LogP contribution in [0.2, 0.25) is 0 Å². The summed E-state index contributed by atoms with van der Waals surface area (Å²) in [5.41, 5.74) is 0. The monoisotopic (exact) mass is 465 g/mol. The summed E-state index contributed by atoms with van der Waals surface area (Å²) in [7, 11) is -3.54. The summed E-state index contributed by atoms with van der Waals surface area (Å²) < 4.78 is 29.4. The number of rotatable bonds is 12. The molecular formula is C23H31NO7S. The molecule has 176 valence electrons. The second kappa shape index (κ2) is 12.5. The lowest BCUT2D eigenvalue weighted by Gasteiger charge is -2.17. The van der Waals surface area contributed by atoms with Gasteiger partial charge in [0.25, 0.3) is 0 Å². The molecule has 1 amide bonds. The highest BCUT2D eigenvalue weighted by atomic mass is 32.2. The largest absolute Gasteiger partial charge is 0.491 e. The second-order valence-corrected chi connectivity index (χ2v) is 9.64. The normalized spacial score (nSPS) is 22.5. The Balaban J connectivity index is 1.78. The van der Waals surface area contributed by atoms with E-state index in [4.69, 9.17) is 4.74 Å². The molecular weight excluding hydrogens is 434 g/mol. The van der Waals surface area contributed by atoms with Gasteiger partial charge in [-0.15, -0.1) is 0 Å². The molecule has 1 aliphatic carbocycles. The predicted molar refractivity (Wildman–Crippen MR) is 120 cm³/mol. The van der Waals surface area contributed by atoms with Gasteiger partial charge in [-0.2, -0.15) is 0 Å². The lowest BCUT2D eigenvalue weighted by atomic mass is 9.90. The molecule has 3 unspecified atom stereocenters. The van der Waals surface area contributed by atoms with Gasteiger partial charge in [-0.05, 0) is 31.4 Å². The van der Waals surface area contributed by atoms with Crippen molar-refractivity contribution >= 4 is 21.7 Å². The summed E-state index contributed by atoms with van der Waals surface area (Å²) in [5.74, 6) is -0.700. The molecule has 4 atom stereocenters. The molecule has 32 heavy (non-hydrogen) atoms. The number of carbonyl (C=O) groups is 2. The number of carbonyl (C=O) groups excluding carboxylic acids is 2. The van der Waals surface area contributed by atoms with Gasteiger partial charge in [-0.1, -0.05) is 42.5 Å².